The monoisotopic (exact) mass is 421 g/mol. The van der Waals surface area contributed by atoms with Crippen molar-refractivity contribution in [3.8, 4) is 6.07 Å². The van der Waals surface area contributed by atoms with Gasteiger partial charge < -0.3 is 10.2 Å². The number of anilines is 1. The number of nitrogens with one attached hydrogen (secondary N) is 1. The zero-order valence-electron chi connectivity index (χ0n) is 18.2. The van der Waals surface area contributed by atoms with Crippen molar-refractivity contribution < 1.29 is 14.0 Å². The van der Waals surface area contributed by atoms with Crippen LogP contribution in [0.3, 0.4) is 0 Å². The molecule has 5 nitrogen and oxygen atoms in total. The fraction of sp³-hybridized carbons (Fsp3) is 0.400. The van der Waals surface area contributed by atoms with E-state index >= 15 is 0 Å². The second-order valence-corrected chi connectivity index (χ2v) is 8.37. The molecule has 2 amide bonds. The minimum Gasteiger partial charge on any atom is -0.351 e. The molecule has 0 unspecified atom stereocenters. The van der Waals surface area contributed by atoms with Crippen LogP contribution in [0.1, 0.15) is 46.8 Å². The maximum Gasteiger partial charge on any atom is 0.251 e. The summed E-state index contributed by atoms with van der Waals surface area (Å²) in [5, 5.41) is 11.4. The van der Waals surface area contributed by atoms with Gasteiger partial charge in [0.05, 0.1) is 12.5 Å². The molecule has 0 spiro atoms. The first-order valence-electron chi connectivity index (χ1n) is 10.6. The summed E-state index contributed by atoms with van der Waals surface area (Å²) in [4.78, 5) is 27.2. The topological polar surface area (TPSA) is 73.2 Å². The normalized spacial score (nSPS) is 18.5. The molecule has 162 valence electrons. The van der Waals surface area contributed by atoms with Gasteiger partial charge in [-0.3, -0.25) is 9.59 Å². The van der Waals surface area contributed by atoms with E-state index in [-0.39, 0.29) is 35.9 Å². The molecule has 0 radical (unpaired) electrons. The SMILES string of the molecule is Cc1cc(C(=O)NCCC#N)cc(C)c1N1C[C@@H](Cc2ccccc2F)C[C@@H](C)C1=O. The predicted molar refractivity (Wildman–Crippen MR) is 118 cm³/mol. The van der Waals surface area contributed by atoms with Gasteiger partial charge in [-0.25, -0.2) is 4.39 Å². The number of amides is 2. The molecule has 1 saturated heterocycles. The zero-order chi connectivity index (χ0) is 22.5. The largest absolute Gasteiger partial charge is 0.351 e. The summed E-state index contributed by atoms with van der Waals surface area (Å²) in [6.07, 6.45) is 1.56. The molecule has 0 saturated carbocycles. The van der Waals surface area contributed by atoms with E-state index in [9.17, 15) is 14.0 Å². The van der Waals surface area contributed by atoms with Crippen molar-refractivity contribution in [2.75, 3.05) is 18.0 Å². The number of halogens is 1. The van der Waals surface area contributed by atoms with Crippen molar-refractivity contribution in [1.29, 1.82) is 5.26 Å². The van der Waals surface area contributed by atoms with Crippen LogP contribution in [0.25, 0.3) is 0 Å². The van der Waals surface area contributed by atoms with E-state index in [4.69, 9.17) is 5.26 Å². The molecular weight excluding hydrogens is 393 g/mol. The Morgan fingerprint density at radius 2 is 1.94 bits per heavy atom. The Kier molecular flexibility index (Phi) is 7.06. The Labute approximate surface area is 182 Å². The van der Waals surface area contributed by atoms with E-state index in [1.54, 1.807) is 24.3 Å². The molecule has 31 heavy (non-hydrogen) atoms. The van der Waals surface area contributed by atoms with Crippen LogP contribution >= 0.6 is 0 Å². The highest BCUT2D eigenvalue weighted by Gasteiger charge is 2.34. The van der Waals surface area contributed by atoms with Gasteiger partial charge in [-0.15, -0.1) is 0 Å². The van der Waals surface area contributed by atoms with Crippen LogP contribution < -0.4 is 10.2 Å². The van der Waals surface area contributed by atoms with Gasteiger partial charge in [0, 0.05) is 30.3 Å². The van der Waals surface area contributed by atoms with Crippen LogP contribution in [0.4, 0.5) is 10.1 Å². The summed E-state index contributed by atoms with van der Waals surface area (Å²) in [6, 6.07) is 12.4. The van der Waals surface area contributed by atoms with E-state index in [2.05, 4.69) is 5.32 Å². The molecule has 1 aliphatic rings. The number of hydrogen-bond donors (Lipinski definition) is 1. The molecule has 6 heteroatoms. The van der Waals surface area contributed by atoms with Crippen molar-refractivity contribution in [3.63, 3.8) is 0 Å². The Morgan fingerprint density at radius 3 is 2.58 bits per heavy atom. The summed E-state index contributed by atoms with van der Waals surface area (Å²) in [5.74, 6) is -0.390. The number of nitriles is 1. The third-order valence-electron chi connectivity index (χ3n) is 5.83. The number of benzene rings is 2. The molecule has 1 fully saturated rings. The average molecular weight is 422 g/mol. The van der Waals surface area contributed by atoms with E-state index < -0.39 is 0 Å². The molecule has 2 aromatic rings. The van der Waals surface area contributed by atoms with Crippen LogP contribution in [0.2, 0.25) is 0 Å². The van der Waals surface area contributed by atoms with Gasteiger partial charge in [0.25, 0.3) is 5.91 Å². The summed E-state index contributed by atoms with van der Waals surface area (Å²) in [6.45, 7) is 6.53. The van der Waals surface area contributed by atoms with Gasteiger partial charge >= 0.3 is 0 Å². The zero-order valence-corrected chi connectivity index (χ0v) is 18.2. The van der Waals surface area contributed by atoms with Gasteiger partial charge in [-0.1, -0.05) is 25.1 Å². The highest BCUT2D eigenvalue weighted by molar-refractivity contribution is 5.99. The molecule has 2 aromatic carbocycles. The Balaban J connectivity index is 1.84. The van der Waals surface area contributed by atoms with Crippen LogP contribution in [0.5, 0.6) is 0 Å². The number of carbonyl (C=O) groups is 2. The second kappa shape index (κ2) is 9.74. The van der Waals surface area contributed by atoms with Crippen molar-refractivity contribution in [2.45, 2.75) is 40.0 Å². The van der Waals surface area contributed by atoms with Gasteiger partial charge in [0.1, 0.15) is 5.82 Å². The van der Waals surface area contributed by atoms with Crippen molar-refractivity contribution in [1.82, 2.24) is 5.32 Å². The number of hydrogen-bond acceptors (Lipinski definition) is 3. The van der Waals surface area contributed by atoms with Gasteiger partial charge in [0.2, 0.25) is 5.91 Å². The van der Waals surface area contributed by atoms with Crippen molar-refractivity contribution in [2.24, 2.45) is 11.8 Å². The Bertz CT molecular complexity index is 1000. The van der Waals surface area contributed by atoms with Crippen LogP contribution in [-0.4, -0.2) is 24.9 Å². The minimum absolute atomic E-state index is 0.0576. The van der Waals surface area contributed by atoms with E-state index in [0.717, 1.165) is 23.2 Å². The van der Waals surface area contributed by atoms with Gasteiger partial charge in [0.15, 0.2) is 0 Å². The second-order valence-electron chi connectivity index (χ2n) is 8.37. The number of nitrogens with zero attached hydrogens (tertiary/aromatic N) is 2. The number of rotatable bonds is 6. The standard InChI is InChI=1S/C25H28FN3O2/c1-16-12-21(24(30)28-10-6-9-27)13-17(2)23(16)29-15-19(11-18(3)25(29)31)14-20-7-4-5-8-22(20)26/h4-5,7-8,12-13,18-19H,6,10-11,14-15H2,1-3H3,(H,28,30)/t18-,19-/m1/s1. The summed E-state index contributed by atoms with van der Waals surface area (Å²) >= 11 is 0. The lowest BCUT2D eigenvalue weighted by Gasteiger charge is -2.38. The fourth-order valence-corrected chi connectivity index (χ4v) is 4.46. The third-order valence-corrected chi connectivity index (χ3v) is 5.83. The maximum atomic E-state index is 14.2. The molecule has 0 bridgehead atoms. The Hall–Kier alpha value is -3.20. The molecule has 0 aliphatic carbocycles. The molecule has 2 atom stereocenters. The maximum absolute atomic E-state index is 14.2. The average Bonchev–Trinajstić information content (AvgIpc) is 2.72. The lowest BCUT2D eigenvalue weighted by molar-refractivity contribution is -0.124. The first-order valence-corrected chi connectivity index (χ1v) is 10.6. The molecule has 1 N–H and O–H groups in total. The van der Waals surface area contributed by atoms with Crippen molar-refractivity contribution in [3.05, 3.63) is 64.5 Å². The molecule has 1 heterocycles. The fourth-order valence-electron chi connectivity index (χ4n) is 4.46. The number of piperidine rings is 1. The molecule has 1 aliphatic heterocycles. The lowest BCUT2D eigenvalue weighted by Crippen LogP contribution is -2.46. The van der Waals surface area contributed by atoms with Gasteiger partial charge in [-0.2, -0.15) is 5.26 Å². The van der Waals surface area contributed by atoms with Crippen LogP contribution in [0, 0.1) is 42.8 Å². The third kappa shape index (κ3) is 5.11. The first-order chi connectivity index (χ1) is 14.8. The molecule has 3 rings (SSSR count). The molecular formula is C25H28FN3O2. The first kappa shape index (κ1) is 22.5. The minimum atomic E-state index is -0.233. The van der Waals surface area contributed by atoms with Crippen LogP contribution in [-0.2, 0) is 11.2 Å². The lowest BCUT2D eigenvalue weighted by atomic mass is 9.84. The highest BCUT2D eigenvalue weighted by Crippen LogP contribution is 2.34. The van der Waals surface area contributed by atoms with E-state index in [0.29, 0.717) is 30.6 Å². The van der Waals surface area contributed by atoms with E-state index in [1.165, 1.54) is 6.07 Å². The quantitative estimate of drug-likeness (QED) is 0.706. The number of carbonyl (C=O) groups excluding carboxylic acids is 2. The van der Waals surface area contributed by atoms with Crippen LogP contribution in [0.15, 0.2) is 36.4 Å². The summed E-state index contributed by atoms with van der Waals surface area (Å²) in [5.41, 5.74) is 3.70. The van der Waals surface area contributed by atoms with E-state index in [1.807, 2.05) is 37.8 Å². The number of aryl methyl sites for hydroxylation is 2. The molecule has 0 aromatic heterocycles. The smallest absolute Gasteiger partial charge is 0.251 e. The van der Waals surface area contributed by atoms with Gasteiger partial charge in [-0.05, 0) is 67.5 Å². The Morgan fingerprint density at radius 1 is 1.26 bits per heavy atom. The highest BCUT2D eigenvalue weighted by atomic mass is 19.1. The summed E-state index contributed by atoms with van der Waals surface area (Å²) in [7, 11) is 0. The summed E-state index contributed by atoms with van der Waals surface area (Å²) < 4.78 is 14.2. The van der Waals surface area contributed by atoms with Crippen molar-refractivity contribution >= 4 is 17.5 Å². The predicted octanol–water partition coefficient (Wildman–Crippen LogP) is 4.32.